The van der Waals surface area contributed by atoms with Crippen molar-refractivity contribution >= 4 is 5.97 Å². The molecule has 0 spiro atoms. The molecular weight excluding hydrogens is 323 g/mol. The van der Waals surface area contributed by atoms with Crippen molar-refractivity contribution < 1.29 is 44.6 Å². The molecule has 1 aromatic carbocycles. The van der Waals surface area contributed by atoms with E-state index in [0.29, 0.717) is 5.92 Å². The summed E-state index contributed by atoms with van der Waals surface area (Å²) >= 11 is 0. The summed E-state index contributed by atoms with van der Waals surface area (Å²) in [5.41, 5.74) is 2.30. The molecule has 1 N–H and O–H groups in total. The van der Waals surface area contributed by atoms with E-state index in [1.54, 1.807) is 0 Å². The summed E-state index contributed by atoms with van der Waals surface area (Å²) in [5.74, 6) is -0.767. The number of rotatable bonds is 8. The maximum absolute atomic E-state index is 10.6. The number of aliphatic carboxylic acids is 1. The van der Waals surface area contributed by atoms with Gasteiger partial charge in [0, 0.05) is 0 Å². The Bertz CT molecular complexity index is 566. The predicted octanol–water partition coefficient (Wildman–Crippen LogP) is 0.187. The van der Waals surface area contributed by atoms with Crippen molar-refractivity contribution in [1.29, 1.82) is 0 Å². The van der Waals surface area contributed by atoms with Gasteiger partial charge in [-0.25, -0.2) is 0 Å². The Balaban J connectivity index is 0.00000312. The fourth-order valence-electron chi connectivity index (χ4n) is 3.30. The Hall–Kier alpha value is -0.870. The van der Waals surface area contributed by atoms with E-state index < -0.39 is 12.1 Å². The summed E-state index contributed by atoms with van der Waals surface area (Å²) in [6.07, 6.45) is 12.4. The van der Waals surface area contributed by atoms with E-state index in [9.17, 15) is 15.0 Å². The number of carboxylic acid groups (broad SMARTS) is 1. The molecule has 0 aliphatic heterocycles. The van der Waals surface area contributed by atoms with E-state index in [-0.39, 0.29) is 29.6 Å². The molecule has 1 aliphatic carbocycles. The Morgan fingerprint density at radius 3 is 2.76 bits per heavy atom. The van der Waals surface area contributed by atoms with Crippen molar-refractivity contribution in [3.8, 4) is 0 Å². The maximum atomic E-state index is 10.6. The Labute approximate surface area is 173 Å². The van der Waals surface area contributed by atoms with Gasteiger partial charge >= 0.3 is 29.6 Å². The monoisotopic (exact) mass is 350 g/mol. The molecule has 0 aromatic heterocycles. The number of carbonyl (C=O) groups excluding carboxylic acids is 1. The van der Waals surface area contributed by atoms with Crippen LogP contribution in [0.25, 0.3) is 0 Å². The molecule has 2 rings (SSSR count). The molecule has 0 heterocycles. The maximum Gasteiger partial charge on any atom is 1.00 e. The smallest absolute Gasteiger partial charge is 0.545 e. The molecule has 0 amide bonds. The van der Waals surface area contributed by atoms with E-state index in [2.05, 4.69) is 30.3 Å². The van der Waals surface area contributed by atoms with Gasteiger partial charge in [0.1, 0.15) is 0 Å². The number of benzene rings is 1. The van der Waals surface area contributed by atoms with E-state index in [4.69, 9.17) is 0 Å². The summed E-state index contributed by atoms with van der Waals surface area (Å²) in [6.45, 7) is 0. The van der Waals surface area contributed by atoms with Crippen molar-refractivity contribution in [3.05, 3.63) is 59.7 Å². The van der Waals surface area contributed by atoms with E-state index in [1.807, 2.05) is 12.1 Å². The van der Waals surface area contributed by atoms with Gasteiger partial charge in [-0.05, 0) is 62.5 Å². The third-order valence-electron chi connectivity index (χ3n) is 4.58. The van der Waals surface area contributed by atoms with Crippen molar-refractivity contribution in [2.75, 3.05) is 0 Å². The normalized spacial score (nSPS) is 20.4. The van der Waals surface area contributed by atoms with Crippen LogP contribution in [-0.2, 0) is 11.2 Å². The molecule has 1 aromatic rings. The minimum absolute atomic E-state index is 0. The number of aliphatic hydroxyl groups excluding tert-OH is 1. The number of hydrogen-bond acceptors (Lipinski definition) is 3. The largest absolute Gasteiger partial charge is 1.00 e. The second kappa shape index (κ2) is 12.5. The summed E-state index contributed by atoms with van der Waals surface area (Å²) in [7, 11) is 0. The van der Waals surface area contributed by atoms with Crippen LogP contribution in [0.4, 0.5) is 0 Å². The molecule has 1 aliphatic rings. The molecule has 130 valence electrons. The first-order valence-corrected chi connectivity index (χ1v) is 8.94. The van der Waals surface area contributed by atoms with Crippen molar-refractivity contribution in [1.82, 2.24) is 0 Å². The second-order valence-corrected chi connectivity index (χ2v) is 6.66. The molecule has 4 heteroatoms. The first-order valence-electron chi connectivity index (χ1n) is 8.94. The predicted molar refractivity (Wildman–Crippen MR) is 94.2 cm³/mol. The summed E-state index contributed by atoms with van der Waals surface area (Å²) in [5, 5.41) is 20.7. The fourth-order valence-corrected chi connectivity index (χ4v) is 3.30. The number of carboxylic acids is 1. The van der Waals surface area contributed by atoms with Crippen LogP contribution in [0.2, 0.25) is 0 Å². The van der Waals surface area contributed by atoms with Crippen LogP contribution in [0.3, 0.4) is 0 Å². The first-order chi connectivity index (χ1) is 11.6. The topological polar surface area (TPSA) is 60.4 Å². The fraction of sp³-hybridized carbons (Fsp3) is 0.476. The SMILES string of the molecule is O=C([O-])/C=C1/CCC[C@H](/C=C/[C@H](O)CCCCc2ccccc2)C1.[Na+]. The molecule has 3 nitrogen and oxygen atoms in total. The van der Waals surface area contributed by atoms with Crippen LogP contribution in [0.5, 0.6) is 0 Å². The minimum atomic E-state index is -1.10. The zero-order valence-electron chi connectivity index (χ0n) is 15.2. The average molecular weight is 350 g/mol. The van der Waals surface area contributed by atoms with Gasteiger partial charge in [0.05, 0.1) is 12.1 Å². The number of allylic oxidation sites excluding steroid dienone is 2. The van der Waals surface area contributed by atoms with Crippen molar-refractivity contribution in [2.45, 2.75) is 57.5 Å². The molecule has 0 bridgehead atoms. The van der Waals surface area contributed by atoms with E-state index >= 15 is 0 Å². The number of unbranched alkanes of at least 4 members (excludes halogenated alkanes) is 1. The summed E-state index contributed by atoms with van der Waals surface area (Å²) < 4.78 is 0. The molecule has 0 unspecified atom stereocenters. The first kappa shape index (κ1) is 22.2. The van der Waals surface area contributed by atoms with Crippen LogP contribution >= 0.6 is 0 Å². The molecule has 0 saturated heterocycles. The molecule has 1 saturated carbocycles. The molecule has 1 fully saturated rings. The molecule has 2 atom stereocenters. The zero-order valence-corrected chi connectivity index (χ0v) is 17.2. The van der Waals surface area contributed by atoms with E-state index in [0.717, 1.165) is 56.9 Å². The van der Waals surface area contributed by atoms with Gasteiger partial charge in [-0.2, -0.15) is 0 Å². The minimum Gasteiger partial charge on any atom is -0.545 e. The average Bonchev–Trinajstić information content (AvgIpc) is 2.58. The molecule has 0 radical (unpaired) electrons. The van der Waals surface area contributed by atoms with Gasteiger partial charge in [0.15, 0.2) is 0 Å². The number of aryl methyl sites for hydroxylation is 1. The van der Waals surface area contributed by atoms with E-state index in [1.165, 1.54) is 11.6 Å². The number of hydrogen-bond donors (Lipinski definition) is 1. The van der Waals surface area contributed by atoms with Gasteiger partial charge in [0.2, 0.25) is 0 Å². The van der Waals surface area contributed by atoms with Gasteiger partial charge in [-0.1, -0.05) is 54.5 Å². The second-order valence-electron chi connectivity index (χ2n) is 6.66. The third kappa shape index (κ3) is 9.41. The molecule has 25 heavy (non-hydrogen) atoms. The van der Waals surface area contributed by atoms with Gasteiger partial charge in [-0.3, -0.25) is 0 Å². The van der Waals surface area contributed by atoms with Crippen molar-refractivity contribution in [3.63, 3.8) is 0 Å². The summed E-state index contributed by atoms with van der Waals surface area (Å²) in [6, 6.07) is 10.4. The quantitative estimate of drug-likeness (QED) is 0.315. The van der Waals surface area contributed by atoms with Gasteiger partial charge in [-0.15, -0.1) is 0 Å². The van der Waals surface area contributed by atoms with Gasteiger partial charge in [0.25, 0.3) is 0 Å². The van der Waals surface area contributed by atoms with Crippen LogP contribution < -0.4 is 34.7 Å². The Morgan fingerprint density at radius 2 is 2.04 bits per heavy atom. The molecular formula is C21H27NaO3. The number of carbonyl (C=O) groups is 1. The van der Waals surface area contributed by atoms with Crippen molar-refractivity contribution in [2.24, 2.45) is 5.92 Å². The van der Waals surface area contributed by atoms with Gasteiger partial charge < -0.3 is 15.0 Å². The number of aliphatic hydroxyl groups is 1. The summed E-state index contributed by atoms with van der Waals surface area (Å²) in [4.78, 5) is 10.6. The zero-order chi connectivity index (χ0) is 17.2. The third-order valence-corrected chi connectivity index (χ3v) is 4.58. The van der Waals surface area contributed by atoms with Crippen LogP contribution in [0.15, 0.2) is 54.1 Å². The van der Waals surface area contributed by atoms with Crippen LogP contribution in [0.1, 0.15) is 50.5 Å². The Kier molecular flexibility index (Phi) is 11.1. The Morgan fingerprint density at radius 1 is 1.28 bits per heavy atom. The van der Waals surface area contributed by atoms with Crippen LogP contribution in [-0.4, -0.2) is 17.2 Å². The van der Waals surface area contributed by atoms with Crippen LogP contribution in [0, 0.1) is 5.92 Å². The standard InChI is InChI=1S/C21H28O3.Na/c22-20(12-5-4-9-17-7-2-1-3-8-17)14-13-18-10-6-11-19(15-18)16-21(23)24;/h1-3,7-8,13-14,16,18,20,22H,4-6,9-12,15H2,(H,23,24);/q;+1/p-1/b14-13+,19-16-;/t18-,20-;/m1./s1.